The van der Waals surface area contributed by atoms with E-state index in [1.807, 2.05) is 97.1 Å². The second-order valence-electron chi connectivity index (χ2n) is 9.82. The molecule has 2 N–H and O–H groups in total. The van der Waals surface area contributed by atoms with Crippen molar-refractivity contribution in [3.63, 3.8) is 0 Å². The predicted octanol–water partition coefficient (Wildman–Crippen LogP) is 5.74. The molecular weight excluding hydrogens is 550 g/mol. The second kappa shape index (κ2) is 13.1. The molecule has 1 aliphatic rings. The monoisotopic (exact) mass is 579 g/mol. The minimum atomic E-state index is -0.662. The molecule has 1 amide bonds. The van der Waals surface area contributed by atoms with Crippen LogP contribution in [0.5, 0.6) is 0 Å². The highest BCUT2D eigenvalue weighted by atomic mass is 32.2. The molecule has 0 aliphatic carbocycles. The van der Waals surface area contributed by atoms with Gasteiger partial charge in [0, 0.05) is 29.0 Å². The zero-order valence-electron chi connectivity index (χ0n) is 22.6. The van der Waals surface area contributed by atoms with E-state index in [0.29, 0.717) is 28.6 Å². The maximum atomic E-state index is 12.8. The van der Waals surface area contributed by atoms with Gasteiger partial charge in [0.15, 0.2) is 6.29 Å². The van der Waals surface area contributed by atoms with Crippen LogP contribution in [-0.4, -0.2) is 43.1 Å². The van der Waals surface area contributed by atoms with Crippen LogP contribution in [0.25, 0.3) is 5.69 Å². The van der Waals surface area contributed by atoms with E-state index in [4.69, 9.17) is 9.47 Å². The number of nitrogens with one attached hydrogen (secondary N) is 1. The van der Waals surface area contributed by atoms with Gasteiger partial charge in [0.1, 0.15) is 0 Å². The van der Waals surface area contributed by atoms with Crippen LogP contribution in [0.3, 0.4) is 0 Å². The summed E-state index contributed by atoms with van der Waals surface area (Å²) in [5.41, 5.74) is 4.74. The molecule has 2 heterocycles. The number of aromatic nitrogens is 4. The molecule has 1 fully saturated rings. The van der Waals surface area contributed by atoms with Crippen LogP contribution >= 0.6 is 11.8 Å². The van der Waals surface area contributed by atoms with Gasteiger partial charge in [-0.1, -0.05) is 84.6 Å². The summed E-state index contributed by atoms with van der Waals surface area (Å²) < 4.78 is 14.7. The fourth-order valence-corrected chi connectivity index (χ4v) is 5.65. The second-order valence-corrected chi connectivity index (χ2v) is 10.8. The Morgan fingerprint density at radius 2 is 1.67 bits per heavy atom. The third kappa shape index (κ3) is 6.58. The number of hydrogen-bond donors (Lipinski definition) is 2. The summed E-state index contributed by atoms with van der Waals surface area (Å²) in [6, 6.07) is 34.1. The first-order valence-corrected chi connectivity index (χ1v) is 14.6. The summed E-state index contributed by atoms with van der Waals surface area (Å²) in [6.45, 7) is -0.0194. The van der Waals surface area contributed by atoms with Crippen LogP contribution < -0.4 is 5.32 Å². The maximum Gasteiger partial charge on any atom is 0.255 e. The van der Waals surface area contributed by atoms with Crippen molar-refractivity contribution >= 4 is 23.4 Å². The Balaban J connectivity index is 1.22. The number of aliphatic hydroxyl groups is 1. The standard InChI is InChI=1S/C32H29N5O4S/c38-20-22-14-16-23(17-15-22)29-19-28(21-42-32-34-35-36-37(32)27-12-5-2-6-13-27)40-31(41-29)25-10-7-11-26(18-25)33-30(39)24-8-3-1-4-9-24/h1-18,28-29,31,38H,19-21H2,(H,33,39). The van der Waals surface area contributed by atoms with Crippen LogP contribution in [-0.2, 0) is 16.1 Å². The Hall–Kier alpha value is -4.35. The lowest BCUT2D eigenvalue weighted by atomic mass is 10.0. The SMILES string of the molecule is O=C(Nc1cccc(C2OC(CSc3nnnn3-c3ccccc3)CC(c3ccc(CO)cc3)O2)c1)c1ccccc1. The molecule has 10 heteroatoms. The van der Waals surface area contributed by atoms with Crippen molar-refractivity contribution in [2.24, 2.45) is 0 Å². The van der Waals surface area contributed by atoms with Crippen molar-refractivity contribution in [1.29, 1.82) is 0 Å². The molecule has 9 nitrogen and oxygen atoms in total. The van der Waals surface area contributed by atoms with Crippen LogP contribution in [0.1, 0.15) is 45.9 Å². The highest BCUT2D eigenvalue weighted by Gasteiger charge is 2.33. The molecule has 42 heavy (non-hydrogen) atoms. The minimum Gasteiger partial charge on any atom is -0.392 e. The first-order valence-electron chi connectivity index (χ1n) is 13.6. The van der Waals surface area contributed by atoms with E-state index in [-0.39, 0.29) is 24.7 Å². The highest BCUT2D eigenvalue weighted by Crippen LogP contribution is 2.40. The van der Waals surface area contributed by atoms with Gasteiger partial charge in [0.25, 0.3) is 5.91 Å². The van der Waals surface area contributed by atoms with Gasteiger partial charge in [-0.2, -0.15) is 4.68 Å². The number of carbonyl (C=O) groups excluding carboxylic acids is 1. The summed E-state index contributed by atoms with van der Waals surface area (Å²) >= 11 is 1.52. The van der Waals surface area contributed by atoms with Gasteiger partial charge in [-0.25, -0.2) is 0 Å². The van der Waals surface area contributed by atoms with Gasteiger partial charge in [-0.05, 0) is 58.0 Å². The molecule has 0 radical (unpaired) electrons. The molecule has 212 valence electrons. The first-order chi connectivity index (χ1) is 20.7. The van der Waals surface area contributed by atoms with Gasteiger partial charge in [-0.3, -0.25) is 4.79 Å². The van der Waals surface area contributed by atoms with E-state index < -0.39 is 6.29 Å². The Bertz CT molecular complexity index is 1620. The minimum absolute atomic E-state index is 0.0194. The van der Waals surface area contributed by atoms with Gasteiger partial charge in [-0.15, -0.1) is 5.10 Å². The third-order valence-electron chi connectivity index (χ3n) is 6.91. The Labute approximate surface area is 247 Å². The molecule has 1 saturated heterocycles. The number of aliphatic hydroxyl groups excluding tert-OH is 1. The number of amides is 1. The number of anilines is 1. The summed E-state index contributed by atoms with van der Waals surface area (Å²) in [7, 11) is 0. The molecule has 3 atom stereocenters. The lowest BCUT2D eigenvalue weighted by molar-refractivity contribution is -0.245. The van der Waals surface area contributed by atoms with Crippen molar-refractivity contribution in [3.8, 4) is 5.69 Å². The number of para-hydroxylation sites is 1. The zero-order valence-corrected chi connectivity index (χ0v) is 23.4. The third-order valence-corrected chi connectivity index (χ3v) is 7.96. The first kappa shape index (κ1) is 27.8. The average molecular weight is 580 g/mol. The van der Waals surface area contributed by atoms with Crippen molar-refractivity contribution in [2.45, 2.75) is 36.7 Å². The molecule has 1 aromatic heterocycles. The summed E-state index contributed by atoms with van der Waals surface area (Å²) in [5.74, 6) is 0.411. The number of rotatable bonds is 9. The number of thioether (sulfide) groups is 1. The highest BCUT2D eigenvalue weighted by molar-refractivity contribution is 7.99. The smallest absolute Gasteiger partial charge is 0.255 e. The van der Waals surface area contributed by atoms with E-state index in [0.717, 1.165) is 22.4 Å². The van der Waals surface area contributed by atoms with Crippen LogP contribution in [0.4, 0.5) is 5.69 Å². The lowest BCUT2D eigenvalue weighted by Crippen LogP contribution is -2.31. The topological polar surface area (TPSA) is 111 Å². The average Bonchev–Trinajstić information content (AvgIpc) is 3.53. The quantitative estimate of drug-likeness (QED) is 0.213. The molecule has 0 spiro atoms. The Kier molecular flexibility index (Phi) is 8.67. The molecule has 0 bridgehead atoms. The maximum absolute atomic E-state index is 12.8. The van der Waals surface area contributed by atoms with Crippen molar-refractivity contribution in [2.75, 3.05) is 11.1 Å². The Morgan fingerprint density at radius 3 is 2.43 bits per heavy atom. The van der Waals surface area contributed by atoms with Gasteiger partial charge >= 0.3 is 0 Å². The Morgan fingerprint density at radius 1 is 0.905 bits per heavy atom. The van der Waals surface area contributed by atoms with E-state index in [1.54, 1.807) is 16.8 Å². The summed E-state index contributed by atoms with van der Waals surface area (Å²) in [6.07, 6.45) is -0.459. The molecule has 1 aliphatic heterocycles. The molecule has 5 aromatic rings. The number of carbonyl (C=O) groups is 1. The van der Waals surface area contributed by atoms with Crippen molar-refractivity contribution in [1.82, 2.24) is 20.2 Å². The number of tetrazole rings is 1. The number of nitrogens with zero attached hydrogens (tertiary/aromatic N) is 4. The lowest BCUT2D eigenvalue weighted by Gasteiger charge is -2.36. The van der Waals surface area contributed by atoms with E-state index in [1.165, 1.54) is 11.8 Å². The van der Waals surface area contributed by atoms with Gasteiger partial charge in [0.05, 0.1) is 24.5 Å². The fraction of sp³-hybridized carbons (Fsp3) is 0.188. The normalized spacial score (nSPS) is 18.5. The van der Waals surface area contributed by atoms with Gasteiger partial charge in [0.2, 0.25) is 5.16 Å². The summed E-state index contributed by atoms with van der Waals surface area (Å²) in [5, 5.41) is 25.4. The number of benzene rings is 4. The van der Waals surface area contributed by atoms with Gasteiger partial charge < -0.3 is 19.9 Å². The van der Waals surface area contributed by atoms with E-state index >= 15 is 0 Å². The molecular formula is C32H29N5O4S. The molecule has 3 unspecified atom stereocenters. The molecule has 4 aromatic carbocycles. The summed E-state index contributed by atoms with van der Waals surface area (Å²) in [4.78, 5) is 12.8. The number of ether oxygens (including phenoxy) is 2. The van der Waals surface area contributed by atoms with Crippen molar-refractivity contribution in [3.05, 3.63) is 131 Å². The van der Waals surface area contributed by atoms with Crippen LogP contribution in [0.15, 0.2) is 114 Å². The largest absolute Gasteiger partial charge is 0.392 e. The predicted molar refractivity (Wildman–Crippen MR) is 159 cm³/mol. The van der Waals surface area contributed by atoms with Crippen molar-refractivity contribution < 1.29 is 19.4 Å². The van der Waals surface area contributed by atoms with Crippen LogP contribution in [0, 0.1) is 0 Å². The van der Waals surface area contributed by atoms with Crippen LogP contribution in [0.2, 0.25) is 0 Å². The zero-order chi connectivity index (χ0) is 28.7. The van der Waals surface area contributed by atoms with E-state index in [2.05, 4.69) is 20.8 Å². The molecule has 0 saturated carbocycles. The number of hydrogen-bond acceptors (Lipinski definition) is 8. The molecule has 6 rings (SSSR count). The van der Waals surface area contributed by atoms with E-state index in [9.17, 15) is 9.90 Å². The fourth-order valence-electron chi connectivity index (χ4n) is 4.75.